The van der Waals surface area contributed by atoms with Crippen molar-refractivity contribution in [1.82, 2.24) is 4.57 Å². The summed E-state index contributed by atoms with van der Waals surface area (Å²) in [5.41, 5.74) is 2.06. The maximum atomic E-state index is 13.2. The number of hydrogen-bond acceptors (Lipinski definition) is 3. The highest BCUT2D eigenvalue weighted by molar-refractivity contribution is 6.12. The quantitative estimate of drug-likeness (QED) is 0.510. The van der Waals surface area contributed by atoms with Gasteiger partial charge in [0.2, 0.25) is 0 Å². The van der Waals surface area contributed by atoms with Crippen molar-refractivity contribution in [3.63, 3.8) is 0 Å². The van der Waals surface area contributed by atoms with E-state index >= 15 is 0 Å². The van der Waals surface area contributed by atoms with E-state index in [9.17, 15) is 14.9 Å². The molecule has 0 bridgehead atoms. The lowest BCUT2D eigenvalue weighted by Gasteiger charge is -2.26. The zero-order valence-corrected chi connectivity index (χ0v) is 16.2. The summed E-state index contributed by atoms with van der Waals surface area (Å²) >= 11 is 0. The summed E-state index contributed by atoms with van der Waals surface area (Å²) in [6, 6.07) is 18.4. The fourth-order valence-corrected chi connectivity index (χ4v) is 3.33. The minimum atomic E-state index is -0.965. The maximum Gasteiger partial charge on any atom is 0.323 e. The van der Waals surface area contributed by atoms with E-state index in [0.29, 0.717) is 11.3 Å². The smallest absolute Gasteiger partial charge is 0.323 e. The number of amides is 1. The summed E-state index contributed by atoms with van der Waals surface area (Å²) in [4.78, 5) is 25.9. The van der Waals surface area contributed by atoms with Gasteiger partial charge in [0, 0.05) is 34.4 Å². The number of fused-ring (bicyclic) bond motifs is 1. The van der Waals surface area contributed by atoms with Gasteiger partial charge in [-0.2, -0.15) is 5.26 Å². The Labute approximate surface area is 168 Å². The predicted molar refractivity (Wildman–Crippen MR) is 112 cm³/mol. The van der Waals surface area contributed by atoms with Crippen LogP contribution in [-0.2, 0) is 16.1 Å². The van der Waals surface area contributed by atoms with Crippen molar-refractivity contribution < 1.29 is 14.7 Å². The van der Waals surface area contributed by atoms with E-state index in [1.54, 1.807) is 15.7 Å². The third-order valence-electron chi connectivity index (χ3n) is 4.55. The lowest BCUT2D eigenvalue weighted by molar-refractivity contribution is -0.137. The first-order valence-electron chi connectivity index (χ1n) is 9.22. The standard InChI is InChI=1S/C23H21N3O3/c1-16(2)26(19-8-4-3-5-9-19)23(29)17(13-24)12-18-14-25(15-22(27)28)21-11-7-6-10-20(18)21/h3-12,14,16H,15H2,1-2H3,(H,27,28). The van der Waals surface area contributed by atoms with E-state index in [0.717, 1.165) is 10.9 Å². The van der Waals surface area contributed by atoms with E-state index < -0.39 is 11.9 Å². The van der Waals surface area contributed by atoms with E-state index in [1.165, 1.54) is 6.08 Å². The third kappa shape index (κ3) is 4.19. The van der Waals surface area contributed by atoms with Crippen LogP contribution in [0.3, 0.4) is 0 Å². The molecule has 3 aromatic rings. The van der Waals surface area contributed by atoms with Gasteiger partial charge < -0.3 is 14.6 Å². The lowest BCUT2D eigenvalue weighted by Crippen LogP contribution is -2.37. The average Bonchev–Trinajstić information content (AvgIpc) is 3.03. The molecule has 0 fully saturated rings. The highest BCUT2D eigenvalue weighted by atomic mass is 16.4. The molecule has 0 radical (unpaired) electrons. The fourth-order valence-electron chi connectivity index (χ4n) is 3.33. The number of hydrogen-bond donors (Lipinski definition) is 1. The normalized spacial score (nSPS) is 11.4. The average molecular weight is 387 g/mol. The van der Waals surface area contributed by atoms with Crippen molar-refractivity contribution in [2.45, 2.75) is 26.4 Å². The van der Waals surface area contributed by atoms with Gasteiger partial charge in [-0.3, -0.25) is 9.59 Å². The summed E-state index contributed by atoms with van der Waals surface area (Å²) in [5, 5.41) is 19.6. The molecule has 0 aliphatic carbocycles. The Morgan fingerprint density at radius 2 is 1.79 bits per heavy atom. The van der Waals surface area contributed by atoms with Crippen molar-refractivity contribution >= 4 is 34.5 Å². The minimum Gasteiger partial charge on any atom is -0.480 e. The molecule has 1 N–H and O–H groups in total. The van der Waals surface area contributed by atoms with Crippen LogP contribution in [0, 0.1) is 11.3 Å². The molecular formula is C23H21N3O3. The van der Waals surface area contributed by atoms with Crippen LogP contribution in [0.2, 0.25) is 0 Å². The second-order valence-corrected chi connectivity index (χ2v) is 6.90. The zero-order chi connectivity index (χ0) is 21.0. The molecule has 6 nitrogen and oxygen atoms in total. The second-order valence-electron chi connectivity index (χ2n) is 6.90. The number of anilines is 1. The predicted octanol–water partition coefficient (Wildman–Crippen LogP) is 4.07. The Morgan fingerprint density at radius 1 is 1.14 bits per heavy atom. The molecule has 0 atom stereocenters. The zero-order valence-electron chi connectivity index (χ0n) is 16.2. The number of nitrogens with zero attached hydrogens (tertiary/aromatic N) is 3. The SMILES string of the molecule is CC(C)N(C(=O)C(C#N)=Cc1cn(CC(=O)O)c2ccccc12)c1ccccc1. The van der Waals surface area contributed by atoms with Gasteiger partial charge in [-0.25, -0.2) is 0 Å². The number of carboxylic acid groups (broad SMARTS) is 1. The van der Waals surface area contributed by atoms with Crippen LogP contribution in [0.25, 0.3) is 17.0 Å². The molecule has 1 heterocycles. The number of carbonyl (C=O) groups is 2. The number of carbonyl (C=O) groups excluding carboxylic acids is 1. The summed E-state index contributed by atoms with van der Waals surface area (Å²) in [5.74, 6) is -1.36. The monoisotopic (exact) mass is 387 g/mol. The second kappa shape index (κ2) is 8.44. The van der Waals surface area contributed by atoms with Crippen LogP contribution in [0.4, 0.5) is 5.69 Å². The Morgan fingerprint density at radius 3 is 2.41 bits per heavy atom. The number of carboxylic acids is 1. The highest BCUT2D eigenvalue weighted by Crippen LogP contribution is 2.25. The molecule has 2 aromatic carbocycles. The Bertz CT molecular complexity index is 1120. The van der Waals surface area contributed by atoms with Gasteiger partial charge >= 0.3 is 5.97 Å². The number of benzene rings is 2. The van der Waals surface area contributed by atoms with Gasteiger partial charge in [-0.1, -0.05) is 36.4 Å². The van der Waals surface area contributed by atoms with Crippen LogP contribution in [0.15, 0.2) is 66.4 Å². The number of nitriles is 1. The fraction of sp³-hybridized carbons (Fsp3) is 0.174. The largest absolute Gasteiger partial charge is 0.480 e. The maximum absolute atomic E-state index is 13.2. The first kappa shape index (κ1) is 19.9. The van der Waals surface area contributed by atoms with Gasteiger partial charge in [0.1, 0.15) is 18.2 Å². The van der Waals surface area contributed by atoms with Crippen LogP contribution in [-0.4, -0.2) is 27.6 Å². The number of para-hydroxylation sites is 2. The topological polar surface area (TPSA) is 86.3 Å². The van der Waals surface area contributed by atoms with Crippen LogP contribution in [0.1, 0.15) is 19.4 Å². The van der Waals surface area contributed by atoms with Crippen LogP contribution in [0.5, 0.6) is 0 Å². The van der Waals surface area contributed by atoms with Gasteiger partial charge in [-0.15, -0.1) is 0 Å². The summed E-state index contributed by atoms with van der Waals surface area (Å²) < 4.78 is 1.60. The van der Waals surface area contributed by atoms with Crippen molar-refractivity contribution in [1.29, 1.82) is 5.26 Å². The van der Waals surface area contributed by atoms with E-state index in [4.69, 9.17) is 5.11 Å². The molecule has 6 heteroatoms. The van der Waals surface area contributed by atoms with Crippen LogP contribution >= 0.6 is 0 Å². The van der Waals surface area contributed by atoms with Crippen molar-refractivity contribution in [3.05, 3.63) is 71.9 Å². The first-order valence-corrected chi connectivity index (χ1v) is 9.22. The molecular weight excluding hydrogens is 366 g/mol. The highest BCUT2D eigenvalue weighted by Gasteiger charge is 2.23. The number of rotatable bonds is 6. The molecule has 0 spiro atoms. The lowest BCUT2D eigenvalue weighted by atomic mass is 10.1. The van der Waals surface area contributed by atoms with Crippen LogP contribution < -0.4 is 4.90 Å². The Kier molecular flexibility index (Phi) is 5.79. The van der Waals surface area contributed by atoms with Gasteiger partial charge in [0.15, 0.2) is 0 Å². The molecule has 1 aromatic heterocycles. The van der Waals surface area contributed by atoms with Gasteiger partial charge in [-0.05, 0) is 38.1 Å². The minimum absolute atomic E-state index is 0.0132. The van der Waals surface area contributed by atoms with Crippen molar-refractivity contribution in [2.75, 3.05) is 4.90 Å². The molecule has 3 rings (SSSR count). The molecule has 0 aliphatic rings. The van der Waals surface area contributed by atoms with E-state index in [1.807, 2.05) is 74.5 Å². The summed E-state index contributed by atoms with van der Waals surface area (Å²) in [6.45, 7) is 3.57. The molecule has 29 heavy (non-hydrogen) atoms. The summed E-state index contributed by atoms with van der Waals surface area (Å²) in [6.07, 6.45) is 3.19. The third-order valence-corrected chi connectivity index (χ3v) is 4.55. The number of aromatic nitrogens is 1. The van der Waals surface area contributed by atoms with Gasteiger partial charge in [0.25, 0.3) is 5.91 Å². The molecule has 0 saturated heterocycles. The molecule has 0 saturated carbocycles. The molecule has 146 valence electrons. The summed E-state index contributed by atoms with van der Waals surface area (Å²) in [7, 11) is 0. The Balaban J connectivity index is 2.07. The van der Waals surface area contributed by atoms with Crippen molar-refractivity contribution in [3.8, 4) is 6.07 Å². The molecule has 0 aliphatic heterocycles. The number of aliphatic carboxylic acids is 1. The molecule has 1 amide bonds. The van der Waals surface area contributed by atoms with E-state index in [2.05, 4.69) is 0 Å². The first-order chi connectivity index (χ1) is 13.9. The van der Waals surface area contributed by atoms with E-state index in [-0.39, 0.29) is 18.2 Å². The van der Waals surface area contributed by atoms with Gasteiger partial charge in [0.05, 0.1) is 0 Å². The Hall–Kier alpha value is -3.85. The van der Waals surface area contributed by atoms with Crippen molar-refractivity contribution in [2.24, 2.45) is 0 Å². The molecule has 0 unspecified atom stereocenters.